The molecule has 0 saturated heterocycles. The monoisotopic (exact) mass is 262 g/mol. The molecule has 5 heteroatoms. The first kappa shape index (κ1) is 14.2. The quantitative estimate of drug-likeness (QED) is 0.862. The molecule has 0 aliphatic heterocycles. The van der Waals surface area contributed by atoms with Gasteiger partial charge in [-0.05, 0) is 17.7 Å². The number of hydrogen-bond acceptors (Lipinski definition) is 4. The molecule has 1 aromatic carbocycles. The Morgan fingerprint density at radius 2 is 1.89 bits per heavy atom. The zero-order valence-electron chi connectivity index (χ0n) is 9.98. The maximum Gasteiger partial charge on any atom is 0.300 e. The van der Waals surface area contributed by atoms with Crippen molar-refractivity contribution < 1.29 is 9.90 Å². The van der Waals surface area contributed by atoms with Gasteiger partial charge in [0.1, 0.15) is 5.03 Å². The second-order valence-electron chi connectivity index (χ2n) is 3.36. The first-order chi connectivity index (χ1) is 8.68. The van der Waals surface area contributed by atoms with Gasteiger partial charge in [0.05, 0.1) is 0 Å². The maximum absolute atomic E-state index is 9.00. The van der Waals surface area contributed by atoms with E-state index in [1.807, 2.05) is 30.3 Å². The normalized spacial score (nSPS) is 9.17. The molecule has 0 unspecified atom stereocenters. The van der Waals surface area contributed by atoms with E-state index in [0.29, 0.717) is 0 Å². The fourth-order valence-corrected chi connectivity index (χ4v) is 1.88. The topological polar surface area (TPSA) is 63.1 Å². The molecule has 1 aromatic heterocycles. The van der Waals surface area contributed by atoms with Gasteiger partial charge < -0.3 is 5.11 Å². The molecule has 94 valence electrons. The Labute approximate surface area is 110 Å². The molecule has 0 atom stereocenters. The van der Waals surface area contributed by atoms with Gasteiger partial charge in [0.2, 0.25) is 0 Å². The van der Waals surface area contributed by atoms with E-state index in [1.165, 1.54) is 5.56 Å². The van der Waals surface area contributed by atoms with Gasteiger partial charge in [-0.15, -0.1) is 5.10 Å². The Morgan fingerprint density at radius 1 is 1.22 bits per heavy atom. The number of thioether (sulfide) groups is 1. The molecular weight excluding hydrogens is 248 g/mol. The first-order valence-electron chi connectivity index (χ1n) is 5.32. The van der Waals surface area contributed by atoms with E-state index in [1.54, 1.807) is 18.0 Å². The molecule has 4 nitrogen and oxygen atoms in total. The molecule has 1 heterocycles. The highest BCUT2D eigenvalue weighted by Crippen LogP contribution is 2.18. The Morgan fingerprint density at radius 3 is 2.44 bits per heavy atom. The Kier molecular flexibility index (Phi) is 6.50. The predicted molar refractivity (Wildman–Crippen MR) is 71.3 cm³/mol. The third-order valence-corrected chi connectivity index (χ3v) is 2.77. The van der Waals surface area contributed by atoms with Crippen molar-refractivity contribution in [1.82, 2.24) is 10.2 Å². The van der Waals surface area contributed by atoms with Crippen LogP contribution in [-0.4, -0.2) is 21.3 Å². The summed E-state index contributed by atoms with van der Waals surface area (Å²) in [5, 5.41) is 16.2. The van der Waals surface area contributed by atoms with Crippen molar-refractivity contribution in [3.05, 3.63) is 54.2 Å². The summed E-state index contributed by atoms with van der Waals surface area (Å²) in [6.07, 6.45) is 1.69. The molecule has 18 heavy (non-hydrogen) atoms. The van der Waals surface area contributed by atoms with Crippen molar-refractivity contribution >= 4 is 17.7 Å². The van der Waals surface area contributed by atoms with E-state index in [9.17, 15) is 0 Å². The summed E-state index contributed by atoms with van der Waals surface area (Å²) in [4.78, 5) is 9.00. The zero-order valence-corrected chi connectivity index (χ0v) is 10.8. The minimum absolute atomic E-state index is 0.833. The average Bonchev–Trinajstić information content (AvgIpc) is 2.38. The molecule has 2 aromatic rings. The summed E-state index contributed by atoms with van der Waals surface area (Å²) < 4.78 is 0. The largest absolute Gasteiger partial charge is 0.481 e. The van der Waals surface area contributed by atoms with Crippen LogP contribution in [0.3, 0.4) is 0 Å². The van der Waals surface area contributed by atoms with Crippen LogP contribution in [0.5, 0.6) is 0 Å². The lowest BCUT2D eigenvalue weighted by atomic mass is 10.2. The number of rotatable bonds is 3. The van der Waals surface area contributed by atoms with E-state index >= 15 is 0 Å². The van der Waals surface area contributed by atoms with Crippen LogP contribution in [0.4, 0.5) is 0 Å². The molecule has 0 aliphatic rings. The number of hydrogen-bond donors (Lipinski definition) is 1. The smallest absolute Gasteiger partial charge is 0.300 e. The highest BCUT2D eigenvalue weighted by atomic mass is 32.2. The number of aromatic nitrogens is 2. The molecule has 2 rings (SSSR count). The van der Waals surface area contributed by atoms with Crippen LogP contribution in [0.25, 0.3) is 0 Å². The van der Waals surface area contributed by atoms with Gasteiger partial charge in [-0.3, -0.25) is 4.79 Å². The number of carbonyl (C=O) groups is 1. The van der Waals surface area contributed by atoms with E-state index in [0.717, 1.165) is 17.7 Å². The van der Waals surface area contributed by atoms with Gasteiger partial charge in [0, 0.05) is 18.9 Å². The molecular formula is C13H14N2O2S. The Bertz CT molecular complexity index is 419. The van der Waals surface area contributed by atoms with Crippen LogP contribution >= 0.6 is 11.8 Å². The van der Waals surface area contributed by atoms with Crippen LogP contribution in [0.2, 0.25) is 0 Å². The second kappa shape index (κ2) is 8.25. The van der Waals surface area contributed by atoms with Gasteiger partial charge >= 0.3 is 0 Å². The maximum atomic E-state index is 9.00. The van der Waals surface area contributed by atoms with Crippen molar-refractivity contribution in [2.45, 2.75) is 17.7 Å². The van der Waals surface area contributed by atoms with Crippen molar-refractivity contribution in [2.75, 3.05) is 0 Å². The third kappa shape index (κ3) is 6.65. The SMILES string of the molecule is CC(=O)O.c1ccc(CSc2cccnn2)cc1. The standard InChI is InChI=1S/C11H10N2S.C2H4O2/c1-2-5-10(6-3-1)9-14-11-7-4-8-12-13-11;1-2(3)4/h1-8H,9H2;1H3,(H,3,4). The molecule has 0 fully saturated rings. The average molecular weight is 262 g/mol. The first-order valence-corrected chi connectivity index (χ1v) is 6.31. The highest BCUT2D eigenvalue weighted by molar-refractivity contribution is 7.98. The van der Waals surface area contributed by atoms with Gasteiger partial charge in [-0.1, -0.05) is 42.1 Å². The Hall–Kier alpha value is -1.88. The van der Waals surface area contributed by atoms with E-state index in [4.69, 9.17) is 9.90 Å². The molecule has 0 bridgehead atoms. The van der Waals surface area contributed by atoms with Crippen molar-refractivity contribution in [3.8, 4) is 0 Å². The van der Waals surface area contributed by atoms with Gasteiger partial charge in [0.25, 0.3) is 5.97 Å². The lowest BCUT2D eigenvalue weighted by Gasteiger charge is -1.99. The van der Waals surface area contributed by atoms with Crippen LogP contribution < -0.4 is 0 Å². The van der Waals surface area contributed by atoms with E-state index in [-0.39, 0.29) is 0 Å². The van der Waals surface area contributed by atoms with Gasteiger partial charge in [-0.2, -0.15) is 5.10 Å². The zero-order chi connectivity index (χ0) is 13.2. The summed E-state index contributed by atoms with van der Waals surface area (Å²) in [6.45, 7) is 1.08. The number of nitrogens with zero attached hydrogens (tertiary/aromatic N) is 2. The third-order valence-electron chi connectivity index (χ3n) is 1.78. The molecule has 1 N–H and O–H groups in total. The number of carboxylic acids is 1. The molecule has 0 amide bonds. The summed E-state index contributed by atoms with van der Waals surface area (Å²) in [5.74, 6) is 0.111. The summed E-state index contributed by atoms with van der Waals surface area (Å²) in [5.41, 5.74) is 1.31. The van der Waals surface area contributed by atoms with Crippen LogP contribution in [-0.2, 0) is 10.5 Å². The fraction of sp³-hybridized carbons (Fsp3) is 0.154. The lowest BCUT2D eigenvalue weighted by molar-refractivity contribution is -0.134. The lowest BCUT2D eigenvalue weighted by Crippen LogP contribution is -1.84. The molecule has 0 saturated carbocycles. The summed E-state index contributed by atoms with van der Waals surface area (Å²) in [6, 6.07) is 14.2. The fourth-order valence-electron chi connectivity index (χ4n) is 1.10. The van der Waals surface area contributed by atoms with Crippen molar-refractivity contribution in [3.63, 3.8) is 0 Å². The number of aliphatic carboxylic acids is 1. The van der Waals surface area contributed by atoms with E-state index < -0.39 is 5.97 Å². The number of carboxylic acid groups (broad SMARTS) is 1. The van der Waals surface area contributed by atoms with Crippen molar-refractivity contribution in [2.24, 2.45) is 0 Å². The molecule has 0 spiro atoms. The number of benzene rings is 1. The van der Waals surface area contributed by atoms with Gasteiger partial charge in [-0.25, -0.2) is 0 Å². The summed E-state index contributed by atoms with van der Waals surface area (Å²) in [7, 11) is 0. The molecule has 0 aliphatic carbocycles. The predicted octanol–water partition coefficient (Wildman–Crippen LogP) is 2.86. The van der Waals surface area contributed by atoms with Crippen LogP contribution in [0.15, 0.2) is 53.7 Å². The van der Waals surface area contributed by atoms with Gasteiger partial charge in [0.15, 0.2) is 0 Å². The molecule has 0 radical (unpaired) electrons. The minimum Gasteiger partial charge on any atom is -0.481 e. The second-order valence-corrected chi connectivity index (χ2v) is 4.35. The van der Waals surface area contributed by atoms with E-state index in [2.05, 4.69) is 22.3 Å². The Balaban J connectivity index is 0.000000357. The minimum atomic E-state index is -0.833. The van der Waals surface area contributed by atoms with Crippen LogP contribution in [0, 0.1) is 0 Å². The van der Waals surface area contributed by atoms with Crippen molar-refractivity contribution in [1.29, 1.82) is 0 Å². The highest BCUT2D eigenvalue weighted by Gasteiger charge is 1.95. The summed E-state index contributed by atoms with van der Waals surface area (Å²) >= 11 is 1.70. The van der Waals surface area contributed by atoms with Crippen LogP contribution in [0.1, 0.15) is 12.5 Å².